The average molecular weight is 390 g/mol. The molecule has 6 heteroatoms. The smallest absolute Gasteiger partial charge is 0.245 e. The number of carbonyl (C=O) groups is 1. The zero-order valence-electron chi connectivity index (χ0n) is 16.7. The molecule has 0 atom stereocenters. The molecule has 0 aliphatic rings. The molecule has 3 aromatic rings. The highest BCUT2D eigenvalue weighted by Gasteiger charge is 2.20. The minimum absolute atomic E-state index is 0.148. The third-order valence-electron chi connectivity index (χ3n) is 5.03. The number of anilines is 2. The molecule has 0 spiro atoms. The maximum atomic E-state index is 13.2. The van der Waals surface area contributed by atoms with E-state index in [2.05, 4.69) is 11.4 Å². The van der Waals surface area contributed by atoms with Crippen LogP contribution in [0.4, 0.5) is 15.9 Å². The Kier molecular flexibility index (Phi) is 5.99. The monoisotopic (exact) mass is 390 g/mol. The van der Waals surface area contributed by atoms with E-state index in [0.717, 1.165) is 22.5 Å². The van der Waals surface area contributed by atoms with E-state index in [1.54, 1.807) is 12.1 Å². The summed E-state index contributed by atoms with van der Waals surface area (Å²) in [7, 11) is 1.84. The first-order valence-corrected chi connectivity index (χ1v) is 9.31. The van der Waals surface area contributed by atoms with Gasteiger partial charge in [0.05, 0.1) is 12.1 Å². The summed E-state index contributed by atoms with van der Waals surface area (Å²) in [6.07, 6.45) is 0. The second-order valence-electron chi connectivity index (χ2n) is 7.00. The van der Waals surface area contributed by atoms with Gasteiger partial charge in [0, 0.05) is 25.0 Å². The van der Waals surface area contributed by atoms with Crippen LogP contribution < -0.4 is 10.2 Å². The van der Waals surface area contributed by atoms with Crippen LogP contribution in [0.2, 0.25) is 0 Å². The fourth-order valence-corrected chi connectivity index (χ4v) is 3.26. The number of nitriles is 1. The van der Waals surface area contributed by atoms with E-state index in [1.807, 2.05) is 60.7 Å². The lowest BCUT2D eigenvalue weighted by Crippen LogP contribution is -2.31. The van der Waals surface area contributed by atoms with Crippen molar-refractivity contribution in [1.82, 2.24) is 4.57 Å². The summed E-state index contributed by atoms with van der Waals surface area (Å²) in [5, 5.41) is 12.5. The van der Waals surface area contributed by atoms with Gasteiger partial charge in [-0.2, -0.15) is 5.26 Å². The molecule has 0 aliphatic heterocycles. The van der Waals surface area contributed by atoms with Gasteiger partial charge in [-0.15, -0.1) is 0 Å². The first-order valence-electron chi connectivity index (χ1n) is 9.31. The van der Waals surface area contributed by atoms with Gasteiger partial charge in [0.2, 0.25) is 5.91 Å². The van der Waals surface area contributed by atoms with Gasteiger partial charge in [0.1, 0.15) is 17.7 Å². The zero-order chi connectivity index (χ0) is 21.0. The van der Waals surface area contributed by atoms with Gasteiger partial charge in [-0.3, -0.25) is 4.79 Å². The summed E-state index contributed by atoms with van der Waals surface area (Å²) in [5.41, 5.74) is 3.96. The van der Waals surface area contributed by atoms with Gasteiger partial charge < -0.3 is 14.8 Å². The number of likely N-dealkylation sites (N-methyl/N-ethyl adjacent to an activating group) is 1. The van der Waals surface area contributed by atoms with E-state index in [0.29, 0.717) is 17.9 Å². The first-order chi connectivity index (χ1) is 13.9. The largest absolute Gasteiger partial charge is 0.365 e. The number of hydrogen-bond donors (Lipinski definition) is 1. The Bertz CT molecular complexity index is 1050. The van der Waals surface area contributed by atoms with Crippen LogP contribution in [-0.2, 0) is 11.3 Å². The lowest BCUT2D eigenvalue weighted by molar-refractivity contribution is -0.115. The molecule has 0 fully saturated rings. The van der Waals surface area contributed by atoms with Crippen molar-refractivity contribution in [3.8, 4) is 6.07 Å². The summed E-state index contributed by atoms with van der Waals surface area (Å²) < 4.78 is 15.1. The molecule has 0 radical (unpaired) electrons. The van der Waals surface area contributed by atoms with Crippen molar-refractivity contribution in [1.29, 1.82) is 5.26 Å². The summed E-state index contributed by atoms with van der Waals surface area (Å²) in [4.78, 5) is 14.6. The number of amides is 1. The number of carbonyl (C=O) groups excluding carboxylic acids is 1. The van der Waals surface area contributed by atoms with Crippen molar-refractivity contribution < 1.29 is 9.18 Å². The number of benzene rings is 2. The molecule has 1 aromatic heterocycles. The molecular formula is C23H23FN4O. The van der Waals surface area contributed by atoms with Crippen molar-refractivity contribution >= 4 is 17.4 Å². The third-order valence-corrected chi connectivity index (χ3v) is 5.03. The van der Waals surface area contributed by atoms with Crippen LogP contribution in [0.5, 0.6) is 0 Å². The fraction of sp³-hybridized carbons (Fsp3) is 0.217. The van der Waals surface area contributed by atoms with Crippen LogP contribution in [0, 0.1) is 31.0 Å². The van der Waals surface area contributed by atoms with Gasteiger partial charge in [0.25, 0.3) is 0 Å². The van der Waals surface area contributed by atoms with E-state index in [9.17, 15) is 14.4 Å². The Morgan fingerprint density at radius 1 is 1.14 bits per heavy atom. The minimum Gasteiger partial charge on any atom is -0.365 e. The summed E-state index contributed by atoms with van der Waals surface area (Å²) in [6.45, 7) is 4.35. The molecule has 1 amide bonds. The van der Waals surface area contributed by atoms with Gasteiger partial charge in [0.15, 0.2) is 0 Å². The van der Waals surface area contributed by atoms with Crippen molar-refractivity contribution in [2.75, 3.05) is 23.8 Å². The van der Waals surface area contributed by atoms with Crippen molar-refractivity contribution in [3.05, 3.63) is 82.8 Å². The molecule has 0 bridgehead atoms. The molecule has 2 aromatic carbocycles. The highest BCUT2D eigenvalue weighted by molar-refractivity contribution is 5.95. The number of para-hydroxylation sites is 1. The van der Waals surface area contributed by atoms with Crippen molar-refractivity contribution in [2.45, 2.75) is 20.4 Å². The Morgan fingerprint density at radius 2 is 1.79 bits per heavy atom. The first kappa shape index (κ1) is 20.2. The second-order valence-corrected chi connectivity index (χ2v) is 7.00. The number of halogens is 1. The van der Waals surface area contributed by atoms with E-state index in [4.69, 9.17) is 0 Å². The third kappa shape index (κ3) is 4.46. The normalized spacial score (nSPS) is 10.4. The van der Waals surface area contributed by atoms with Gasteiger partial charge in [-0.05, 0) is 49.2 Å². The second kappa shape index (κ2) is 8.61. The van der Waals surface area contributed by atoms with E-state index in [-0.39, 0.29) is 18.3 Å². The number of aromatic nitrogens is 1. The SMILES string of the molecule is Cc1c(C#N)c(NC(=O)CN(C)c2ccccc2)n(Cc2ccc(F)cc2)c1C. The Balaban J connectivity index is 1.85. The molecular weight excluding hydrogens is 367 g/mol. The lowest BCUT2D eigenvalue weighted by Gasteiger charge is -2.19. The Labute approximate surface area is 170 Å². The molecule has 1 N–H and O–H groups in total. The number of rotatable bonds is 6. The highest BCUT2D eigenvalue weighted by Crippen LogP contribution is 2.27. The molecule has 5 nitrogen and oxygen atoms in total. The van der Waals surface area contributed by atoms with Gasteiger partial charge >= 0.3 is 0 Å². The predicted octanol–water partition coefficient (Wildman–Crippen LogP) is 4.24. The molecule has 0 unspecified atom stereocenters. The van der Waals surface area contributed by atoms with Crippen LogP contribution in [0.15, 0.2) is 54.6 Å². The Hall–Kier alpha value is -3.59. The van der Waals surface area contributed by atoms with E-state index >= 15 is 0 Å². The topological polar surface area (TPSA) is 61.1 Å². The van der Waals surface area contributed by atoms with Crippen LogP contribution in [0.25, 0.3) is 0 Å². The van der Waals surface area contributed by atoms with Crippen LogP contribution in [0.3, 0.4) is 0 Å². The van der Waals surface area contributed by atoms with E-state index in [1.165, 1.54) is 12.1 Å². The molecule has 1 heterocycles. The molecule has 0 saturated heterocycles. The highest BCUT2D eigenvalue weighted by atomic mass is 19.1. The molecule has 3 rings (SSSR count). The molecule has 148 valence electrons. The van der Waals surface area contributed by atoms with E-state index < -0.39 is 0 Å². The number of nitrogens with one attached hydrogen (secondary N) is 1. The van der Waals surface area contributed by atoms with Gasteiger partial charge in [-0.1, -0.05) is 30.3 Å². The van der Waals surface area contributed by atoms with Crippen molar-refractivity contribution in [2.24, 2.45) is 0 Å². The fourth-order valence-electron chi connectivity index (χ4n) is 3.26. The van der Waals surface area contributed by atoms with Crippen LogP contribution in [-0.4, -0.2) is 24.1 Å². The quantitative estimate of drug-likeness (QED) is 0.685. The average Bonchev–Trinajstić information content (AvgIpc) is 2.94. The molecule has 0 saturated carbocycles. The van der Waals surface area contributed by atoms with Crippen molar-refractivity contribution in [3.63, 3.8) is 0 Å². The summed E-state index contributed by atoms with van der Waals surface area (Å²) in [6, 6.07) is 18.0. The zero-order valence-corrected chi connectivity index (χ0v) is 16.7. The summed E-state index contributed by atoms with van der Waals surface area (Å²) >= 11 is 0. The number of nitrogens with zero attached hydrogens (tertiary/aromatic N) is 3. The standard InChI is InChI=1S/C23H23FN4O/c1-16-17(2)28(14-18-9-11-19(24)12-10-18)23(21(16)13-25)26-22(29)15-27(3)20-7-5-4-6-8-20/h4-12H,14-15H2,1-3H3,(H,26,29). The maximum Gasteiger partial charge on any atom is 0.245 e. The maximum absolute atomic E-state index is 13.2. The number of hydrogen-bond acceptors (Lipinski definition) is 3. The van der Waals surface area contributed by atoms with Gasteiger partial charge in [-0.25, -0.2) is 4.39 Å². The molecule has 0 aliphatic carbocycles. The predicted molar refractivity (Wildman–Crippen MR) is 112 cm³/mol. The Morgan fingerprint density at radius 3 is 2.41 bits per heavy atom. The summed E-state index contributed by atoms with van der Waals surface area (Å²) in [5.74, 6) is -0.0478. The lowest BCUT2D eigenvalue weighted by atomic mass is 10.2. The minimum atomic E-state index is -0.302. The molecule has 29 heavy (non-hydrogen) atoms. The van der Waals surface area contributed by atoms with Crippen LogP contribution >= 0.6 is 0 Å². The van der Waals surface area contributed by atoms with Crippen LogP contribution in [0.1, 0.15) is 22.4 Å².